The van der Waals surface area contributed by atoms with Crippen molar-refractivity contribution in [2.45, 2.75) is 26.2 Å². The van der Waals surface area contributed by atoms with Gasteiger partial charge in [0.2, 0.25) is 0 Å². The molecule has 2 aromatic rings. The van der Waals surface area contributed by atoms with Crippen LogP contribution in [0.4, 0.5) is 0 Å². The molecule has 0 radical (unpaired) electrons. The van der Waals surface area contributed by atoms with Gasteiger partial charge in [0.05, 0.1) is 21.6 Å². The number of hydrogen-bond donors (Lipinski definition) is 1. The van der Waals surface area contributed by atoms with Gasteiger partial charge in [0.15, 0.2) is 0 Å². The molecule has 1 heterocycles. The van der Waals surface area contributed by atoms with Crippen molar-refractivity contribution in [1.29, 1.82) is 0 Å². The van der Waals surface area contributed by atoms with Crippen molar-refractivity contribution in [2.24, 2.45) is 0 Å². The largest absolute Gasteiger partial charge is 0.481 e. The van der Waals surface area contributed by atoms with Crippen LogP contribution in [-0.2, 0) is 11.2 Å². The van der Waals surface area contributed by atoms with Crippen LogP contribution in [0.25, 0.3) is 10.2 Å². The number of aliphatic carboxylic acids is 1. The number of benzene rings is 1. The van der Waals surface area contributed by atoms with E-state index in [4.69, 9.17) is 5.11 Å². The number of thiazole rings is 1. The molecule has 4 heteroatoms. The molecule has 0 bridgehead atoms. The minimum atomic E-state index is -0.813. The summed E-state index contributed by atoms with van der Waals surface area (Å²) >= 11 is 1.64. The molecule has 3 nitrogen and oxygen atoms in total. The second-order valence-corrected chi connectivity index (χ2v) is 5.10. The fraction of sp³-hybridized carbons (Fsp3) is 0.333. The topological polar surface area (TPSA) is 50.2 Å². The van der Waals surface area contributed by atoms with Gasteiger partial charge < -0.3 is 5.11 Å². The molecule has 0 atom stereocenters. The van der Waals surface area contributed by atoms with Crippen molar-refractivity contribution >= 4 is 27.5 Å². The monoisotopic (exact) mass is 235 g/mol. The molecule has 0 aliphatic rings. The number of carboxylic acid groups (broad SMARTS) is 1. The lowest BCUT2D eigenvalue weighted by Crippen LogP contribution is -2.00. The molecule has 16 heavy (non-hydrogen) atoms. The third-order valence-corrected chi connectivity index (χ3v) is 3.68. The lowest BCUT2D eigenvalue weighted by atomic mass is 10.1. The van der Waals surface area contributed by atoms with Crippen LogP contribution in [-0.4, -0.2) is 16.1 Å². The number of carboxylic acids is 1. The van der Waals surface area contributed by atoms with Crippen LogP contribution in [0.5, 0.6) is 0 Å². The summed E-state index contributed by atoms with van der Waals surface area (Å²) in [5, 5.41) is 9.88. The second kappa shape index (κ2) is 4.22. The molecule has 84 valence electrons. The molecule has 0 saturated heterocycles. The summed E-state index contributed by atoms with van der Waals surface area (Å²) in [6.45, 7) is 4.18. The van der Waals surface area contributed by atoms with Crippen molar-refractivity contribution in [3.63, 3.8) is 0 Å². The number of nitrogens with zero attached hydrogens (tertiary/aromatic N) is 1. The van der Waals surface area contributed by atoms with E-state index in [1.807, 2.05) is 18.2 Å². The standard InChI is InChI=1S/C12H13NO2S/c1-7(2)12-13-11-8(6-10(14)15)4-3-5-9(11)16-12/h3-5,7H,6H2,1-2H3,(H,14,15). The molecule has 0 fully saturated rings. The highest BCUT2D eigenvalue weighted by Gasteiger charge is 2.11. The van der Waals surface area contributed by atoms with Gasteiger partial charge in [0, 0.05) is 5.92 Å². The van der Waals surface area contributed by atoms with Gasteiger partial charge in [-0.3, -0.25) is 4.79 Å². The lowest BCUT2D eigenvalue weighted by molar-refractivity contribution is -0.136. The molecule has 1 N–H and O–H groups in total. The summed E-state index contributed by atoms with van der Waals surface area (Å²) in [6, 6.07) is 5.72. The predicted octanol–water partition coefficient (Wildman–Crippen LogP) is 3.05. The van der Waals surface area contributed by atoms with Gasteiger partial charge in [0.25, 0.3) is 0 Å². The number of hydrogen-bond acceptors (Lipinski definition) is 3. The van der Waals surface area contributed by atoms with Crippen LogP contribution in [0.15, 0.2) is 18.2 Å². The Bertz CT molecular complexity index is 531. The third-order valence-electron chi connectivity index (χ3n) is 2.35. The van der Waals surface area contributed by atoms with Crippen molar-refractivity contribution in [3.05, 3.63) is 28.8 Å². The molecule has 0 spiro atoms. The molecule has 2 rings (SSSR count). The van der Waals surface area contributed by atoms with E-state index >= 15 is 0 Å². The maximum atomic E-state index is 10.7. The molecule has 1 aromatic heterocycles. The first-order chi connectivity index (χ1) is 7.58. The minimum Gasteiger partial charge on any atom is -0.481 e. The summed E-state index contributed by atoms with van der Waals surface area (Å²) in [4.78, 5) is 15.2. The van der Waals surface area contributed by atoms with Gasteiger partial charge in [-0.15, -0.1) is 11.3 Å². The molecular formula is C12H13NO2S. The van der Waals surface area contributed by atoms with Crippen molar-refractivity contribution in [2.75, 3.05) is 0 Å². The zero-order valence-electron chi connectivity index (χ0n) is 9.23. The number of carbonyl (C=O) groups is 1. The van der Waals surface area contributed by atoms with Gasteiger partial charge in [-0.05, 0) is 11.6 Å². The summed E-state index contributed by atoms with van der Waals surface area (Å²) in [7, 11) is 0. The molecule has 0 aliphatic heterocycles. The van der Waals surface area contributed by atoms with E-state index in [0.29, 0.717) is 5.92 Å². The van der Waals surface area contributed by atoms with Crippen LogP contribution in [0.3, 0.4) is 0 Å². The first-order valence-electron chi connectivity index (χ1n) is 5.18. The van der Waals surface area contributed by atoms with E-state index < -0.39 is 5.97 Å². The van der Waals surface area contributed by atoms with Crippen molar-refractivity contribution < 1.29 is 9.90 Å². The normalized spacial score (nSPS) is 11.2. The number of para-hydroxylation sites is 1. The second-order valence-electron chi connectivity index (χ2n) is 4.04. The van der Waals surface area contributed by atoms with E-state index in [0.717, 1.165) is 20.8 Å². The highest BCUT2D eigenvalue weighted by atomic mass is 32.1. The van der Waals surface area contributed by atoms with Crippen LogP contribution < -0.4 is 0 Å². The molecule has 0 amide bonds. The van der Waals surface area contributed by atoms with E-state index in [9.17, 15) is 4.79 Å². The first kappa shape index (κ1) is 11.1. The summed E-state index contributed by atoms with van der Waals surface area (Å²) in [5.74, 6) is -0.429. The average molecular weight is 235 g/mol. The van der Waals surface area contributed by atoms with Crippen molar-refractivity contribution in [1.82, 2.24) is 4.98 Å². The summed E-state index contributed by atoms with van der Waals surface area (Å²) in [5.41, 5.74) is 1.65. The number of aromatic nitrogens is 1. The Balaban J connectivity index is 2.54. The Morgan fingerprint density at radius 2 is 2.25 bits per heavy atom. The first-order valence-corrected chi connectivity index (χ1v) is 5.99. The Labute approximate surface area is 97.8 Å². The molecular weight excluding hydrogens is 222 g/mol. The van der Waals surface area contributed by atoms with Crippen LogP contribution in [0.2, 0.25) is 0 Å². The number of fused-ring (bicyclic) bond motifs is 1. The highest BCUT2D eigenvalue weighted by molar-refractivity contribution is 7.18. The maximum Gasteiger partial charge on any atom is 0.307 e. The fourth-order valence-electron chi connectivity index (χ4n) is 1.58. The Hall–Kier alpha value is -1.42. The zero-order chi connectivity index (χ0) is 11.7. The van der Waals surface area contributed by atoms with Gasteiger partial charge in [-0.1, -0.05) is 26.0 Å². The van der Waals surface area contributed by atoms with Crippen LogP contribution >= 0.6 is 11.3 Å². The predicted molar refractivity (Wildman–Crippen MR) is 65.0 cm³/mol. The van der Waals surface area contributed by atoms with Gasteiger partial charge in [-0.2, -0.15) is 0 Å². The molecule has 0 saturated carbocycles. The van der Waals surface area contributed by atoms with Gasteiger partial charge in [-0.25, -0.2) is 4.98 Å². The van der Waals surface area contributed by atoms with Crippen LogP contribution in [0, 0.1) is 0 Å². The fourth-order valence-corrected chi connectivity index (χ4v) is 2.59. The quantitative estimate of drug-likeness (QED) is 0.889. The van der Waals surface area contributed by atoms with Gasteiger partial charge in [0.1, 0.15) is 0 Å². The average Bonchev–Trinajstić information content (AvgIpc) is 2.61. The Kier molecular flexibility index (Phi) is 2.92. The summed E-state index contributed by atoms with van der Waals surface area (Å²) in [6.07, 6.45) is 0.0403. The van der Waals surface area contributed by atoms with Crippen molar-refractivity contribution in [3.8, 4) is 0 Å². The smallest absolute Gasteiger partial charge is 0.307 e. The van der Waals surface area contributed by atoms with E-state index in [1.54, 1.807) is 11.3 Å². The van der Waals surface area contributed by atoms with E-state index in [1.165, 1.54) is 0 Å². The Morgan fingerprint density at radius 1 is 1.50 bits per heavy atom. The van der Waals surface area contributed by atoms with Gasteiger partial charge >= 0.3 is 5.97 Å². The Morgan fingerprint density at radius 3 is 2.88 bits per heavy atom. The minimum absolute atomic E-state index is 0.0403. The van der Waals surface area contributed by atoms with E-state index in [-0.39, 0.29) is 6.42 Å². The molecule has 1 aromatic carbocycles. The number of rotatable bonds is 3. The molecule has 0 aliphatic carbocycles. The lowest BCUT2D eigenvalue weighted by Gasteiger charge is -1.97. The SMILES string of the molecule is CC(C)c1nc2c(CC(=O)O)cccc2s1. The van der Waals surface area contributed by atoms with E-state index in [2.05, 4.69) is 18.8 Å². The zero-order valence-corrected chi connectivity index (χ0v) is 10.0. The highest BCUT2D eigenvalue weighted by Crippen LogP contribution is 2.29. The maximum absolute atomic E-state index is 10.7. The molecule has 0 unspecified atom stereocenters. The third kappa shape index (κ3) is 2.07. The summed E-state index contributed by atoms with van der Waals surface area (Å²) < 4.78 is 1.07. The van der Waals surface area contributed by atoms with Crippen LogP contribution in [0.1, 0.15) is 30.3 Å².